The van der Waals surface area contributed by atoms with Crippen molar-refractivity contribution in [1.29, 1.82) is 0 Å². The molecule has 0 fully saturated rings. The summed E-state index contributed by atoms with van der Waals surface area (Å²) in [6.07, 6.45) is 0. The number of rotatable bonds is 6. The van der Waals surface area contributed by atoms with Crippen molar-refractivity contribution >= 4 is 28.8 Å². The molecule has 0 aliphatic rings. The zero-order valence-electron chi connectivity index (χ0n) is 13.9. The highest BCUT2D eigenvalue weighted by atomic mass is 35.5. The van der Waals surface area contributed by atoms with Crippen LogP contribution in [0.1, 0.15) is 16.7 Å². The summed E-state index contributed by atoms with van der Waals surface area (Å²) in [5.74, 6) is 0.483. The van der Waals surface area contributed by atoms with Crippen LogP contribution in [0.3, 0.4) is 0 Å². The topological polar surface area (TPSA) is 21.3 Å². The first-order valence-corrected chi connectivity index (χ1v) is 8.89. The number of nitrogens with one attached hydrogen (secondary N) is 1. The lowest BCUT2D eigenvalue weighted by molar-refractivity contribution is 0.306. The molecule has 0 amide bonds. The standard InChI is InChI=1S/C21H17ClFNOS/c22-18-7-1-15(2-8-18)13-24-21(26)17-5-11-20(12-6-17)25-14-16-3-9-19(23)10-4-16/h1-12H,13-14H2,(H,24,26). The molecule has 0 aliphatic carbocycles. The number of hydrogen-bond donors (Lipinski definition) is 1. The normalized spacial score (nSPS) is 10.4. The monoisotopic (exact) mass is 385 g/mol. The van der Waals surface area contributed by atoms with Gasteiger partial charge in [-0.05, 0) is 59.7 Å². The Morgan fingerprint density at radius 3 is 2.15 bits per heavy atom. The van der Waals surface area contributed by atoms with Gasteiger partial charge in [0.2, 0.25) is 0 Å². The maximum Gasteiger partial charge on any atom is 0.123 e. The molecule has 0 bridgehead atoms. The van der Waals surface area contributed by atoms with Crippen molar-refractivity contribution < 1.29 is 9.13 Å². The van der Waals surface area contributed by atoms with Gasteiger partial charge in [-0.15, -0.1) is 0 Å². The Labute approximate surface area is 162 Å². The number of hydrogen-bond acceptors (Lipinski definition) is 2. The van der Waals surface area contributed by atoms with Crippen LogP contribution in [0.5, 0.6) is 5.75 Å². The van der Waals surface area contributed by atoms with Crippen molar-refractivity contribution in [2.75, 3.05) is 0 Å². The summed E-state index contributed by atoms with van der Waals surface area (Å²) >= 11 is 11.3. The zero-order valence-corrected chi connectivity index (χ0v) is 15.5. The maximum atomic E-state index is 12.9. The highest BCUT2D eigenvalue weighted by Gasteiger charge is 2.03. The van der Waals surface area contributed by atoms with E-state index in [9.17, 15) is 4.39 Å². The highest BCUT2D eigenvalue weighted by Crippen LogP contribution is 2.15. The number of benzene rings is 3. The van der Waals surface area contributed by atoms with Crippen LogP contribution in [0, 0.1) is 5.82 Å². The minimum atomic E-state index is -0.252. The minimum absolute atomic E-state index is 0.252. The molecule has 1 N–H and O–H groups in total. The number of thiocarbonyl (C=S) groups is 1. The van der Waals surface area contributed by atoms with E-state index in [1.54, 1.807) is 12.1 Å². The molecule has 0 radical (unpaired) electrons. The van der Waals surface area contributed by atoms with Crippen molar-refractivity contribution in [1.82, 2.24) is 5.32 Å². The maximum absolute atomic E-state index is 12.9. The summed E-state index contributed by atoms with van der Waals surface area (Å²) in [6.45, 7) is 1.03. The molecule has 0 aromatic heterocycles. The summed E-state index contributed by atoms with van der Waals surface area (Å²) < 4.78 is 18.6. The second-order valence-corrected chi connectivity index (χ2v) is 6.59. The molecule has 2 nitrogen and oxygen atoms in total. The fourth-order valence-corrected chi connectivity index (χ4v) is 2.67. The predicted molar refractivity (Wildman–Crippen MR) is 107 cm³/mol. The molecule has 0 aliphatic heterocycles. The van der Waals surface area contributed by atoms with Gasteiger partial charge in [0.1, 0.15) is 23.2 Å². The van der Waals surface area contributed by atoms with Crippen molar-refractivity contribution in [3.05, 3.63) is 100 Å². The van der Waals surface area contributed by atoms with Gasteiger partial charge in [0.25, 0.3) is 0 Å². The fraction of sp³-hybridized carbons (Fsp3) is 0.0952. The van der Waals surface area contributed by atoms with Crippen LogP contribution in [-0.2, 0) is 13.2 Å². The van der Waals surface area contributed by atoms with E-state index in [-0.39, 0.29) is 5.82 Å². The number of ether oxygens (including phenoxy) is 1. The van der Waals surface area contributed by atoms with E-state index >= 15 is 0 Å². The van der Waals surface area contributed by atoms with Gasteiger partial charge in [0, 0.05) is 17.1 Å². The molecule has 3 aromatic rings. The summed E-state index contributed by atoms with van der Waals surface area (Å²) in [6, 6.07) is 21.5. The minimum Gasteiger partial charge on any atom is -0.489 e. The van der Waals surface area contributed by atoms with E-state index in [0.717, 1.165) is 22.4 Å². The Balaban J connectivity index is 1.52. The molecule has 132 valence electrons. The quantitative estimate of drug-likeness (QED) is 0.564. The lowest BCUT2D eigenvalue weighted by Crippen LogP contribution is -2.21. The van der Waals surface area contributed by atoms with Crippen molar-refractivity contribution in [2.45, 2.75) is 13.2 Å². The predicted octanol–water partition coefficient (Wildman–Crippen LogP) is 5.52. The Hall–Kier alpha value is -2.43. The van der Waals surface area contributed by atoms with E-state index in [2.05, 4.69) is 5.32 Å². The largest absolute Gasteiger partial charge is 0.489 e. The Morgan fingerprint density at radius 1 is 0.885 bits per heavy atom. The lowest BCUT2D eigenvalue weighted by Gasteiger charge is -2.10. The second kappa shape index (κ2) is 8.79. The first-order chi connectivity index (χ1) is 12.6. The first-order valence-electron chi connectivity index (χ1n) is 8.10. The van der Waals surface area contributed by atoms with Crippen LogP contribution in [0.4, 0.5) is 4.39 Å². The van der Waals surface area contributed by atoms with Crippen molar-refractivity contribution in [3.63, 3.8) is 0 Å². The summed E-state index contributed by atoms with van der Waals surface area (Å²) in [5, 5.41) is 3.94. The average molecular weight is 386 g/mol. The second-order valence-electron chi connectivity index (χ2n) is 5.75. The van der Waals surface area contributed by atoms with Crippen LogP contribution in [0.2, 0.25) is 5.02 Å². The third-order valence-corrected chi connectivity index (χ3v) is 4.43. The average Bonchev–Trinajstić information content (AvgIpc) is 2.67. The molecule has 0 saturated carbocycles. The van der Waals surface area contributed by atoms with Crippen molar-refractivity contribution in [2.24, 2.45) is 0 Å². The molecule has 5 heteroatoms. The molecule has 3 rings (SSSR count). The zero-order chi connectivity index (χ0) is 18.4. The van der Waals surface area contributed by atoms with Gasteiger partial charge < -0.3 is 10.1 Å². The first kappa shape index (κ1) is 18.4. The molecule has 0 spiro atoms. The van der Waals surface area contributed by atoms with Crippen LogP contribution in [-0.4, -0.2) is 4.99 Å². The Bertz CT molecular complexity index is 864. The lowest BCUT2D eigenvalue weighted by atomic mass is 10.2. The van der Waals surface area contributed by atoms with Gasteiger partial charge in [-0.2, -0.15) is 0 Å². The summed E-state index contributed by atoms with van der Waals surface area (Å²) in [4.78, 5) is 0.671. The van der Waals surface area contributed by atoms with E-state index in [1.807, 2.05) is 48.5 Å². The third kappa shape index (κ3) is 5.28. The van der Waals surface area contributed by atoms with E-state index in [0.29, 0.717) is 23.2 Å². The van der Waals surface area contributed by atoms with Gasteiger partial charge in [-0.25, -0.2) is 4.39 Å². The Kier molecular flexibility index (Phi) is 6.21. The summed E-state index contributed by atoms with van der Waals surface area (Å²) in [7, 11) is 0. The van der Waals surface area contributed by atoms with Gasteiger partial charge in [-0.1, -0.05) is 48.1 Å². The van der Waals surface area contributed by atoms with Gasteiger partial charge in [0.05, 0.1) is 0 Å². The van der Waals surface area contributed by atoms with Gasteiger partial charge in [-0.3, -0.25) is 0 Å². The molecule has 0 heterocycles. The SMILES string of the molecule is Fc1ccc(COc2ccc(C(=S)NCc3ccc(Cl)cc3)cc2)cc1. The van der Waals surface area contributed by atoms with Crippen LogP contribution in [0.15, 0.2) is 72.8 Å². The number of halogens is 2. The van der Waals surface area contributed by atoms with Gasteiger partial charge in [0.15, 0.2) is 0 Å². The van der Waals surface area contributed by atoms with Crippen LogP contribution < -0.4 is 10.1 Å². The molecule has 3 aromatic carbocycles. The molecule has 26 heavy (non-hydrogen) atoms. The van der Waals surface area contributed by atoms with Gasteiger partial charge >= 0.3 is 0 Å². The van der Waals surface area contributed by atoms with E-state index < -0.39 is 0 Å². The third-order valence-electron chi connectivity index (χ3n) is 3.80. The highest BCUT2D eigenvalue weighted by molar-refractivity contribution is 7.80. The smallest absolute Gasteiger partial charge is 0.123 e. The molecule has 0 unspecified atom stereocenters. The van der Waals surface area contributed by atoms with E-state index in [4.69, 9.17) is 28.6 Å². The van der Waals surface area contributed by atoms with E-state index in [1.165, 1.54) is 12.1 Å². The molecule has 0 saturated heterocycles. The molecular weight excluding hydrogens is 369 g/mol. The molecule has 0 atom stereocenters. The Morgan fingerprint density at radius 2 is 1.50 bits per heavy atom. The summed E-state index contributed by atoms with van der Waals surface area (Å²) in [5.41, 5.74) is 2.94. The molecular formula is C21H17ClFNOS. The van der Waals surface area contributed by atoms with Crippen LogP contribution >= 0.6 is 23.8 Å². The van der Waals surface area contributed by atoms with Crippen LogP contribution in [0.25, 0.3) is 0 Å². The fourth-order valence-electron chi connectivity index (χ4n) is 2.34. The van der Waals surface area contributed by atoms with Crippen molar-refractivity contribution in [3.8, 4) is 5.75 Å².